The monoisotopic (exact) mass is 353 g/mol. The van der Waals surface area contributed by atoms with Crippen molar-refractivity contribution in [2.24, 2.45) is 11.8 Å². The van der Waals surface area contributed by atoms with E-state index in [4.69, 9.17) is 16.9 Å². The fourth-order valence-corrected chi connectivity index (χ4v) is 3.95. The van der Waals surface area contributed by atoms with Crippen molar-refractivity contribution in [3.8, 4) is 6.07 Å². The molecule has 0 radical (unpaired) electrons. The molecule has 5 nitrogen and oxygen atoms in total. The summed E-state index contributed by atoms with van der Waals surface area (Å²) in [4.78, 5) is 25.0. The summed E-state index contributed by atoms with van der Waals surface area (Å²) in [5.74, 6) is -0.392. The number of nitrogens with one attached hydrogen (secondary N) is 2. The first-order valence-electron chi connectivity index (χ1n) is 7.80. The summed E-state index contributed by atoms with van der Waals surface area (Å²) in [6.45, 7) is 0.285. The fourth-order valence-electron chi connectivity index (χ4n) is 2.99. The van der Waals surface area contributed by atoms with E-state index in [1.165, 1.54) is 17.8 Å². The molecular weight excluding hydrogens is 334 g/mol. The molecule has 1 heterocycles. The van der Waals surface area contributed by atoms with Crippen LogP contribution in [-0.4, -0.2) is 24.9 Å². The molecule has 124 valence electrons. The van der Waals surface area contributed by atoms with Crippen LogP contribution in [0.2, 0.25) is 4.34 Å². The number of hydrogen-bond acceptors (Lipinski definition) is 4. The number of thiophene rings is 1. The van der Waals surface area contributed by atoms with E-state index in [0.29, 0.717) is 9.21 Å². The lowest BCUT2D eigenvalue weighted by Gasteiger charge is -2.29. The minimum Gasteiger partial charge on any atom is -0.351 e. The van der Waals surface area contributed by atoms with E-state index in [-0.39, 0.29) is 36.7 Å². The standard InChI is InChI=1S/C16H20ClN3O2S/c17-14-7-6-13(23-14)16(22)20-10-12(15(21)19-9-8-18)11-4-2-1-3-5-11/h6-7,11-12H,1-5,9-10H2,(H,19,21)(H,20,22). The van der Waals surface area contributed by atoms with Gasteiger partial charge in [-0.1, -0.05) is 30.9 Å². The number of amides is 2. The Morgan fingerprint density at radius 3 is 2.65 bits per heavy atom. The third-order valence-corrected chi connectivity index (χ3v) is 5.41. The minimum atomic E-state index is -0.289. The summed E-state index contributed by atoms with van der Waals surface area (Å²) in [5, 5.41) is 14.1. The Hall–Kier alpha value is -1.58. The Morgan fingerprint density at radius 2 is 2.04 bits per heavy atom. The van der Waals surface area contributed by atoms with Gasteiger partial charge in [0, 0.05) is 6.54 Å². The highest BCUT2D eigenvalue weighted by molar-refractivity contribution is 7.17. The van der Waals surface area contributed by atoms with Crippen LogP contribution in [0.1, 0.15) is 41.8 Å². The Labute approximate surface area is 145 Å². The van der Waals surface area contributed by atoms with Crippen molar-refractivity contribution in [1.29, 1.82) is 5.26 Å². The molecule has 7 heteroatoms. The van der Waals surface area contributed by atoms with Gasteiger partial charge in [-0.25, -0.2) is 0 Å². The van der Waals surface area contributed by atoms with Crippen molar-refractivity contribution in [2.45, 2.75) is 32.1 Å². The summed E-state index contributed by atoms with van der Waals surface area (Å²) in [5.41, 5.74) is 0. The van der Waals surface area contributed by atoms with Crippen LogP contribution in [0.15, 0.2) is 12.1 Å². The predicted molar refractivity (Wildman–Crippen MR) is 90.3 cm³/mol. The molecule has 0 aliphatic heterocycles. The second kappa shape index (κ2) is 8.90. The van der Waals surface area contributed by atoms with Crippen LogP contribution in [0.5, 0.6) is 0 Å². The molecule has 0 spiro atoms. The molecule has 0 saturated heterocycles. The van der Waals surface area contributed by atoms with Crippen molar-refractivity contribution in [3.63, 3.8) is 0 Å². The molecule has 2 rings (SSSR count). The molecule has 0 bridgehead atoms. The topological polar surface area (TPSA) is 82.0 Å². The summed E-state index contributed by atoms with van der Waals surface area (Å²) >= 11 is 7.06. The number of hydrogen-bond donors (Lipinski definition) is 2. The SMILES string of the molecule is N#CCNC(=O)C(CNC(=O)c1ccc(Cl)s1)C1CCCCC1. The lowest BCUT2D eigenvalue weighted by molar-refractivity contribution is -0.126. The van der Waals surface area contributed by atoms with Crippen molar-refractivity contribution in [2.75, 3.05) is 13.1 Å². The first-order valence-corrected chi connectivity index (χ1v) is 8.99. The molecule has 2 N–H and O–H groups in total. The Balaban J connectivity index is 1.97. The van der Waals surface area contributed by atoms with Gasteiger partial charge in [0.15, 0.2) is 0 Å². The predicted octanol–water partition coefficient (Wildman–Crippen LogP) is 2.97. The molecule has 1 atom stereocenters. The third-order valence-electron chi connectivity index (χ3n) is 4.18. The highest BCUT2D eigenvalue weighted by atomic mass is 35.5. The zero-order valence-electron chi connectivity index (χ0n) is 12.8. The van der Waals surface area contributed by atoms with Crippen LogP contribution in [0.25, 0.3) is 0 Å². The van der Waals surface area contributed by atoms with Gasteiger partial charge in [-0.3, -0.25) is 9.59 Å². The van der Waals surface area contributed by atoms with Crippen LogP contribution in [0, 0.1) is 23.2 Å². The van der Waals surface area contributed by atoms with Gasteiger partial charge in [-0.05, 0) is 30.9 Å². The summed E-state index contributed by atoms with van der Waals surface area (Å²) < 4.78 is 0.561. The molecule has 1 fully saturated rings. The second-order valence-corrected chi connectivity index (χ2v) is 7.41. The maximum atomic E-state index is 12.3. The first kappa shape index (κ1) is 17.8. The molecule has 2 amide bonds. The Kier molecular flexibility index (Phi) is 6.87. The van der Waals surface area contributed by atoms with Crippen molar-refractivity contribution in [1.82, 2.24) is 10.6 Å². The highest BCUT2D eigenvalue weighted by Gasteiger charge is 2.29. The van der Waals surface area contributed by atoms with Gasteiger partial charge in [0.1, 0.15) is 6.54 Å². The van der Waals surface area contributed by atoms with Crippen molar-refractivity contribution >= 4 is 34.8 Å². The van der Waals surface area contributed by atoms with E-state index in [0.717, 1.165) is 25.7 Å². The molecule has 23 heavy (non-hydrogen) atoms. The minimum absolute atomic E-state index is 0.00344. The van der Waals surface area contributed by atoms with Crippen LogP contribution in [0.4, 0.5) is 0 Å². The largest absolute Gasteiger partial charge is 0.351 e. The second-order valence-electron chi connectivity index (χ2n) is 5.69. The van der Waals surface area contributed by atoms with Gasteiger partial charge in [-0.15, -0.1) is 11.3 Å². The summed E-state index contributed by atoms with van der Waals surface area (Å²) in [6, 6.07) is 5.27. The smallest absolute Gasteiger partial charge is 0.261 e. The normalized spacial score (nSPS) is 16.3. The van der Waals surface area contributed by atoms with Crippen molar-refractivity contribution in [3.05, 3.63) is 21.3 Å². The molecule has 1 aromatic rings. The van der Waals surface area contributed by atoms with Crippen LogP contribution in [0.3, 0.4) is 0 Å². The fraction of sp³-hybridized carbons (Fsp3) is 0.562. The molecule has 1 unspecified atom stereocenters. The van der Waals surface area contributed by atoms with Crippen molar-refractivity contribution < 1.29 is 9.59 Å². The van der Waals surface area contributed by atoms with E-state index in [1.54, 1.807) is 12.1 Å². The van der Waals surface area contributed by atoms with E-state index in [9.17, 15) is 9.59 Å². The summed E-state index contributed by atoms with van der Waals surface area (Å²) in [7, 11) is 0. The molecule has 1 aromatic heterocycles. The van der Waals surface area contributed by atoms with Gasteiger partial charge in [0.05, 0.1) is 21.2 Å². The third kappa shape index (κ3) is 5.22. The van der Waals surface area contributed by atoms with Crippen LogP contribution < -0.4 is 10.6 Å². The average molecular weight is 354 g/mol. The van der Waals surface area contributed by atoms with E-state index in [1.807, 2.05) is 6.07 Å². The maximum Gasteiger partial charge on any atom is 0.261 e. The first-order chi connectivity index (χ1) is 11.1. The molecule has 1 aliphatic rings. The highest BCUT2D eigenvalue weighted by Crippen LogP contribution is 2.30. The number of nitrogens with zero attached hydrogens (tertiary/aromatic N) is 1. The zero-order chi connectivity index (χ0) is 16.7. The van der Waals surface area contributed by atoms with E-state index >= 15 is 0 Å². The summed E-state index contributed by atoms with van der Waals surface area (Å²) in [6.07, 6.45) is 5.40. The molecular formula is C16H20ClN3O2S. The van der Waals surface area contributed by atoms with Gasteiger partial charge < -0.3 is 10.6 Å². The zero-order valence-corrected chi connectivity index (χ0v) is 14.4. The molecule has 1 aliphatic carbocycles. The van der Waals surface area contributed by atoms with Gasteiger partial charge >= 0.3 is 0 Å². The average Bonchev–Trinajstić information content (AvgIpc) is 3.00. The van der Waals surface area contributed by atoms with Gasteiger partial charge in [-0.2, -0.15) is 5.26 Å². The van der Waals surface area contributed by atoms with E-state index < -0.39 is 0 Å². The van der Waals surface area contributed by atoms with Gasteiger partial charge in [0.2, 0.25) is 5.91 Å². The lowest BCUT2D eigenvalue weighted by Crippen LogP contribution is -2.43. The number of halogens is 1. The Bertz CT molecular complexity index is 590. The van der Waals surface area contributed by atoms with Crippen LogP contribution in [-0.2, 0) is 4.79 Å². The van der Waals surface area contributed by atoms with E-state index in [2.05, 4.69) is 10.6 Å². The number of rotatable bonds is 6. The number of carbonyl (C=O) groups excluding carboxylic acids is 2. The van der Waals surface area contributed by atoms with Gasteiger partial charge in [0.25, 0.3) is 5.91 Å². The quantitative estimate of drug-likeness (QED) is 0.771. The number of nitriles is 1. The maximum absolute atomic E-state index is 12.3. The molecule has 0 aromatic carbocycles. The lowest BCUT2D eigenvalue weighted by atomic mass is 9.79. The van der Waals surface area contributed by atoms with Crippen LogP contribution >= 0.6 is 22.9 Å². The number of carbonyl (C=O) groups is 2. The molecule has 1 saturated carbocycles. The Morgan fingerprint density at radius 1 is 1.30 bits per heavy atom.